The van der Waals surface area contributed by atoms with Gasteiger partial charge in [0.25, 0.3) is 5.91 Å². The van der Waals surface area contributed by atoms with Gasteiger partial charge in [-0.05, 0) is 33.3 Å². The van der Waals surface area contributed by atoms with E-state index in [2.05, 4.69) is 15.4 Å². The zero-order chi connectivity index (χ0) is 22.1. The van der Waals surface area contributed by atoms with Crippen molar-refractivity contribution in [1.29, 1.82) is 0 Å². The second-order valence-electron chi connectivity index (χ2n) is 7.28. The number of ether oxygens (including phenoxy) is 1. The zero-order valence-electron chi connectivity index (χ0n) is 16.6. The van der Waals surface area contributed by atoms with Crippen LogP contribution in [-0.2, 0) is 12.7 Å². The number of amides is 1. The van der Waals surface area contributed by atoms with Crippen LogP contribution in [0.15, 0.2) is 23.7 Å². The van der Waals surface area contributed by atoms with E-state index in [9.17, 15) is 23.1 Å². The number of carbonyl (C=O) groups is 1. The number of nitrogens with zero attached hydrogens (tertiary/aromatic N) is 3. The SMILES string of the molecule is CCOc1cc2nn(CCC(C)(C)O)cc2cc1NC(=O)c1csc(C(F)(F)F)n1. The third kappa shape index (κ3) is 5.28. The predicted octanol–water partition coefficient (Wildman–Crippen LogP) is 4.32. The Balaban J connectivity index is 1.86. The molecule has 7 nitrogen and oxygen atoms in total. The summed E-state index contributed by atoms with van der Waals surface area (Å²) in [5, 5.41) is 17.6. The van der Waals surface area contributed by atoms with Gasteiger partial charge in [-0.25, -0.2) is 4.98 Å². The molecular formula is C19H21F3N4O3S. The minimum absolute atomic E-state index is 0.304. The molecule has 11 heteroatoms. The Bertz CT molecular complexity index is 1050. The molecule has 1 amide bonds. The van der Waals surface area contributed by atoms with Crippen LogP contribution in [0.3, 0.4) is 0 Å². The third-order valence-electron chi connectivity index (χ3n) is 4.13. The number of alkyl halides is 3. The van der Waals surface area contributed by atoms with Gasteiger partial charge in [0.15, 0.2) is 5.01 Å². The molecule has 0 aliphatic heterocycles. The van der Waals surface area contributed by atoms with Gasteiger partial charge < -0.3 is 15.2 Å². The van der Waals surface area contributed by atoms with Gasteiger partial charge in [-0.3, -0.25) is 9.48 Å². The number of hydrogen-bond acceptors (Lipinski definition) is 6. The summed E-state index contributed by atoms with van der Waals surface area (Å²) in [5.74, 6) is -0.422. The number of aryl methyl sites for hydroxylation is 1. The fraction of sp³-hybridized carbons (Fsp3) is 0.421. The van der Waals surface area contributed by atoms with E-state index in [0.717, 1.165) is 5.38 Å². The maximum absolute atomic E-state index is 12.7. The molecule has 0 saturated carbocycles. The van der Waals surface area contributed by atoms with E-state index in [4.69, 9.17) is 4.74 Å². The van der Waals surface area contributed by atoms with Gasteiger partial charge in [-0.2, -0.15) is 18.3 Å². The number of halogens is 3. The smallest absolute Gasteiger partial charge is 0.443 e. The lowest BCUT2D eigenvalue weighted by Crippen LogP contribution is -2.21. The summed E-state index contributed by atoms with van der Waals surface area (Å²) in [5.41, 5.74) is -0.231. The predicted molar refractivity (Wildman–Crippen MR) is 107 cm³/mol. The summed E-state index contributed by atoms with van der Waals surface area (Å²) in [6, 6.07) is 3.29. The molecule has 0 unspecified atom stereocenters. The van der Waals surface area contributed by atoms with Gasteiger partial charge in [0.2, 0.25) is 0 Å². The van der Waals surface area contributed by atoms with E-state index < -0.39 is 22.7 Å². The van der Waals surface area contributed by atoms with Crippen molar-refractivity contribution >= 4 is 33.8 Å². The van der Waals surface area contributed by atoms with Crippen molar-refractivity contribution in [2.45, 2.75) is 45.5 Å². The maximum atomic E-state index is 12.7. The highest BCUT2D eigenvalue weighted by atomic mass is 32.1. The van der Waals surface area contributed by atoms with Crippen LogP contribution in [0.4, 0.5) is 18.9 Å². The number of hydrogen-bond donors (Lipinski definition) is 2. The van der Waals surface area contributed by atoms with Crippen LogP contribution in [0.5, 0.6) is 5.75 Å². The lowest BCUT2D eigenvalue weighted by molar-refractivity contribution is -0.137. The van der Waals surface area contributed by atoms with Gasteiger partial charge in [0, 0.05) is 29.6 Å². The summed E-state index contributed by atoms with van der Waals surface area (Å²) in [4.78, 5) is 15.8. The Kier molecular flexibility index (Phi) is 6.04. The molecule has 0 saturated heterocycles. The Morgan fingerprint density at radius 3 is 2.67 bits per heavy atom. The van der Waals surface area contributed by atoms with Crippen molar-refractivity contribution in [3.63, 3.8) is 0 Å². The van der Waals surface area contributed by atoms with E-state index in [1.54, 1.807) is 43.8 Å². The van der Waals surface area contributed by atoms with Gasteiger partial charge in [0.05, 0.1) is 23.4 Å². The number of aliphatic hydroxyl groups is 1. The molecule has 2 heterocycles. The van der Waals surface area contributed by atoms with Gasteiger partial charge in [-0.1, -0.05) is 0 Å². The van der Waals surface area contributed by atoms with Crippen LogP contribution < -0.4 is 10.1 Å². The number of nitrogens with one attached hydrogen (secondary N) is 1. The summed E-state index contributed by atoms with van der Waals surface area (Å²) < 4.78 is 45.5. The van der Waals surface area contributed by atoms with Crippen molar-refractivity contribution in [2.24, 2.45) is 0 Å². The lowest BCUT2D eigenvalue weighted by Gasteiger charge is -2.16. The minimum atomic E-state index is -4.60. The first-order valence-corrected chi connectivity index (χ1v) is 10.0. The Morgan fingerprint density at radius 1 is 1.33 bits per heavy atom. The van der Waals surface area contributed by atoms with E-state index in [-0.39, 0.29) is 5.69 Å². The Hall–Kier alpha value is -2.66. The van der Waals surface area contributed by atoms with E-state index in [0.29, 0.717) is 53.2 Å². The van der Waals surface area contributed by atoms with Gasteiger partial charge in [0.1, 0.15) is 11.4 Å². The van der Waals surface area contributed by atoms with Gasteiger partial charge in [-0.15, -0.1) is 11.3 Å². The quantitative estimate of drug-likeness (QED) is 0.569. The monoisotopic (exact) mass is 442 g/mol. The second-order valence-corrected chi connectivity index (χ2v) is 8.14. The number of rotatable bonds is 7. The van der Waals surface area contributed by atoms with Crippen molar-refractivity contribution in [3.8, 4) is 5.75 Å². The van der Waals surface area contributed by atoms with E-state index in [1.165, 1.54) is 0 Å². The van der Waals surface area contributed by atoms with Crippen LogP contribution in [0.2, 0.25) is 0 Å². The Labute approximate surface area is 174 Å². The third-order valence-corrected chi connectivity index (χ3v) is 5.02. The average molecular weight is 442 g/mol. The molecule has 2 N–H and O–H groups in total. The minimum Gasteiger partial charge on any atom is -0.492 e. The number of carbonyl (C=O) groups excluding carboxylic acids is 1. The number of aromatic nitrogens is 3. The van der Waals surface area contributed by atoms with E-state index in [1.807, 2.05) is 0 Å². The van der Waals surface area contributed by atoms with E-state index >= 15 is 0 Å². The van der Waals surface area contributed by atoms with Crippen molar-refractivity contribution in [1.82, 2.24) is 14.8 Å². The summed E-state index contributed by atoms with van der Waals surface area (Å²) in [7, 11) is 0. The Morgan fingerprint density at radius 2 is 2.07 bits per heavy atom. The first kappa shape index (κ1) is 22.0. The number of thiazole rings is 1. The average Bonchev–Trinajstić information content (AvgIpc) is 3.26. The summed E-state index contributed by atoms with van der Waals surface area (Å²) in [6.07, 6.45) is -2.35. The van der Waals surface area contributed by atoms with Crippen LogP contribution >= 0.6 is 11.3 Å². The van der Waals surface area contributed by atoms with Gasteiger partial charge >= 0.3 is 6.18 Å². The topological polar surface area (TPSA) is 89.3 Å². The highest BCUT2D eigenvalue weighted by molar-refractivity contribution is 7.10. The molecule has 2 aromatic heterocycles. The molecule has 1 aromatic carbocycles. The number of benzene rings is 1. The fourth-order valence-corrected chi connectivity index (χ4v) is 3.34. The zero-order valence-corrected chi connectivity index (χ0v) is 17.4. The molecule has 0 aliphatic carbocycles. The molecule has 3 rings (SSSR count). The summed E-state index contributed by atoms with van der Waals surface area (Å²) >= 11 is 0.361. The summed E-state index contributed by atoms with van der Waals surface area (Å²) in [6.45, 7) is 6.00. The number of anilines is 1. The molecule has 0 fully saturated rings. The van der Waals surface area contributed by atoms with Crippen molar-refractivity contribution in [3.05, 3.63) is 34.4 Å². The first-order valence-electron chi connectivity index (χ1n) is 9.17. The number of fused-ring (bicyclic) bond motifs is 1. The van der Waals surface area contributed by atoms with Crippen LogP contribution in [-0.4, -0.2) is 38.0 Å². The lowest BCUT2D eigenvalue weighted by atomic mass is 10.1. The fourth-order valence-electron chi connectivity index (χ4n) is 2.67. The first-order chi connectivity index (χ1) is 14.0. The molecule has 0 atom stereocenters. The highest BCUT2D eigenvalue weighted by Crippen LogP contribution is 2.33. The standard InChI is InChI=1S/C19H21F3N4O3S/c1-4-29-15-8-12-11(9-26(25-12)6-5-18(2,3)28)7-13(15)23-16(27)14-10-30-17(24-14)19(20,21)22/h7-10,28H,4-6H2,1-3H3,(H,23,27). The second kappa shape index (κ2) is 8.23. The molecule has 30 heavy (non-hydrogen) atoms. The normalized spacial score (nSPS) is 12.4. The highest BCUT2D eigenvalue weighted by Gasteiger charge is 2.35. The molecule has 0 aliphatic rings. The van der Waals surface area contributed by atoms with Crippen LogP contribution in [0.25, 0.3) is 10.9 Å². The van der Waals surface area contributed by atoms with Crippen LogP contribution in [0, 0.1) is 0 Å². The molecule has 0 radical (unpaired) electrons. The molecule has 0 bridgehead atoms. The largest absolute Gasteiger partial charge is 0.492 e. The van der Waals surface area contributed by atoms with Crippen molar-refractivity contribution < 1.29 is 27.8 Å². The maximum Gasteiger partial charge on any atom is 0.443 e. The molecule has 0 spiro atoms. The molecule has 3 aromatic rings. The molecular weight excluding hydrogens is 421 g/mol. The van der Waals surface area contributed by atoms with Crippen molar-refractivity contribution in [2.75, 3.05) is 11.9 Å². The molecule has 162 valence electrons. The van der Waals surface area contributed by atoms with Crippen LogP contribution in [0.1, 0.15) is 42.7 Å².